The van der Waals surface area contributed by atoms with E-state index in [1.165, 1.54) is 0 Å². The van der Waals surface area contributed by atoms with Crippen molar-refractivity contribution in [2.45, 2.75) is 0 Å². The molecule has 0 atom stereocenters. The molecular formula is C22H43N3O13. The Morgan fingerprint density at radius 2 is 0.789 bits per heavy atom. The van der Waals surface area contributed by atoms with Gasteiger partial charge in [0.1, 0.15) is 19.8 Å². The zero-order valence-corrected chi connectivity index (χ0v) is 21.9. The van der Waals surface area contributed by atoms with E-state index in [9.17, 15) is 14.4 Å². The van der Waals surface area contributed by atoms with Crippen molar-refractivity contribution >= 4 is 17.8 Å². The first-order valence-corrected chi connectivity index (χ1v) is 12.2. The van der Waals surface area contributed by atoms with Crippen LogP contribution in [0.15, 0.2) is 0 Å². The third kappa shape index (κ3) is 30.2. The van der Waals surface area contributed by atoms with Gasteiger partial charge in [-0.15, -0.1) is 0 Å². The highest BCUT2D eigenvalue weighted by Crippen LogP contribution is 1.85. The van der Waals surface area contributed by atoms with Crippen LogP contribution in [0, 0.1) is 0 Å². The zero-order valence-electron chi connectivity index (χ0n) is 21.9. The van der Waals surface area contributed by atoms with Gasteiger partial charge in [0.15, 0.2) is 0 Å². The molecule has 16 heteroatoms. The van der Waals surface area contributed by atoms with Crippen molar-refractivity contribution in [3.05, 3.63) is 0 Å². The molecule has 2 amide bonds. The number of hydrogen-bond acceptors (Lipinski definition) is 13. The van der Waals surface area contributed by atoms with E-state index in [2.05, 4.69) is 15.5 Å². The van der Waals surface area contributed by atoms with Crippen LogP contribution in [0.4, 0.5) is 0 Å². The predicted molar refractivity (Wildman–Crippen MR) is 130 cm³/mol. The number of nitrogens with one attached hydrogen (secondary N) is 2. The van der Waals surface area contributed by atoms with Crippen LogP contribution >= 0.6 is 0 Å². The fourth-order valence-corrected chi connectivity index (χ4v) is 2.35. The monoisotopic (exact) mass is 557 g/mol. The van der Waals surface area contributed by atoms with Gasteiger partial charge in [0.25, 0.3) is 0 Å². The zero-order chi connectivity index (χ0) is 27.9. The van der Waals surface area contributed by atoms with Gasteiger partial charge in [0, 0.05) is 13.1 Å². The van der Waals surface area contributed by atoms with E-state index in [4.69, 9.17) is 48.9 Å². The summed E-state index contributed by atoms with van der Waals surface area (Å²) in [5.74, 6) is 3.21. The summed E-state index contributed by atoms with van der Waals surface area (Å²) in [6, 6.07) is 0. The molecule has 0 aromatic carbocycles. The Hall–Kier alpha value is -1.99. The van der Waals surface area contributed by atoms with Crippen molar-refractivity contribution in [2.24, 2.45) is 5.90 Å². The van der Waals surface area contributed by atoms with E-state index in [0.717, 1.165) is 0 Å². The molecule has 0 spiro atoms. The lowest BCUT2D eigenvalue weighted by Gasteiger charge is -2.09. The summed E-state index contributed by atoms with van der Waals surface area (Å²) in [5, 5.41) is 13.6. The number of carbonyl (C=O) groups is 3. The number of carboxylic acid groups (broad SMARTS) is 1. The van der Waals surface area contributed by atoms with Crippen LogP contribution in [-0.4, -0.2) is 148 Å². The molecule has 0 heterocycles. The summed E-state index contributed by atoms with van der Waals surface area (Å²) < 4.78 is 41.9. The summed E-state index contributed by atoms with van der Waals surface area (Å²) >= 11 is 0. The highest BCUT2D eigenvalue weighted by molar-refractivity contribution is 5.77. The molecule has 38 heavy (non-hydrogen) atoms. The third-order valence-corrected chi connectivity index (χ3v) is 4.04. The van der Waals surface area contributed by atoms with Crippen molar-refractivity contribution in [1.82, 2.24) is 10.6 Å². The van der Waals surface area contributed by atoms with E-state index in [1.807, 2.05) is 0 Å². The molecule has 0 fully saturated rings. The van der Waals surface area contributed by atoms with E-state index in [0.29, 0.717) is 92.4 Å². The fraction of sp³-hybridized carbons (Fsp3) is 0.864. The van der Waals surface area contributed by atoms with Crippen molar-refractivity contribution in [3.8, 4) is 0 Å². The van der Waals surface area contributed by atoms with E-state index >= 15 is 0 Å². The molecule has 0 aromatic rings. The molecule has 16 nitrogen and oxygen atoms in total. The molecule has 0 saturated carbocycles. The number of amides is 2. The van der Waals surface area contributed by atoms with E-state index in [-0.39, 0.29) is 44.8 Å². The minimum Gasteiger partial charge on any atom is -0.480 e. The van der Waals surface area contributed by atoms with Crippen molar-refractivity contribution in [3.63, 3.8) is 0 Å². The second kappa shape index (κ2) is 29.6. The minimum atomic E-state index is -1.01. The molecule has 0 rings (SSSR count). The molecule has 224 valence electrons. The molecule has 0 aliphatic carbocycles. The summed E-state index contributed by atoms with van der Waals surface area (Å²) in [5.41, 5.74) is 0. The van der Waals surface area contributed by atoms with Crippen LogP contribution in [0.2, 0.25) is 0 Å². The Labute approximate surface area is 222 Å². The third-order valence-electron chi connectivity index (χ3n) is 4.04. The SMILES string of the molecule is NOCC(=O)NCCOCCOCCOCCOCC(=O)NCCOCCOCCOCCOCC(=O)O. The number of hydrogen-bond donors (Lipinski definition) is 4. The Kier molecular flexibility index (Phi) is 28.0. The number of aliphatic carboxylic acids is 1. The lowest BCUT2D eigenvalue weighted by molar-refractivity contribution is -0.142. The summed E-state index contributed by atoms with van der Waals surface area (Å²) in [7, 11) is 0. The van der Waals surface area contributed by atoms with Crippen molar-refractivity contribution < 1.29 is 62.2 Å². The Morgan fingerprint density at radius 1 is 0.474 bits per heavy atom. The van der Waals surface area contributed by atoms with Crippen LogP contribution in [0.25, 0.3) is 0 Å². The fourth-order valence-electron chi connectivity index (χ4n) is 2.35. The van der Waals surface area contributed by atoms with Gasteiger partial charge in [-0.1, -0.05) is 0 Å². The first kappa shape index (κ1) is 36.0. The summed E-state index contributed by atoms with van der Waals surface area (Å²) in [4.78, 5) is 37.2. The van der Waals surface area contributed by atoms with Gasteiger partial charge in [-0.05, 0) is 0 Å². The Morgan fingerprint density at radius 3 is 1.16 bits per heavy atom. The summed E-state index contributed by atoms with van der Waals surface area (Å²) in [6.45, 7) is 5.10. The number of nitrogens with two attached hydrogens (primary N) is 1. The summed E-state index contributed by atoms with van der Waals surface area (Å²) in [6.07, 6.45) is 0. The van der Waals surface area contributed by atoms with Crippen LogP contribution < -0.4 is 16.5 Å². The van der Waals surface area contributed by atoms with Crippen LogP contribution in [0.5, 0.6) is 0 Å². The second-order valence-electron chi connectivity index (χ2n) is 7.18. The maximum Gasteiger partial charge on any atom is 0.329 e. The van der Waals surface area contributed by atoms with Gasteiger partial charge < -0.3 is 53.6 Å². The molecule has 0 aliphatic rings. The molecule has 0 aliphatic heterocycles. The molecule has 0 saturated heterocycles. The van der Waals surface area contributed by atoms with Gasteiger partial charge in [-0.2, -0.15) is 0 Å². The van der Waals surface area contributed by atoms with Gasteiger partial charge >= 0.3 is 5.97 Å². The maximum absolute atomic E-state index is 11.7. The largest absolute Gasteiger partial charge is 0.480 e. The Balaban J connectivity index is 3.19. The maximum atomic E-state index is 11.7. The smallest absolute Gasteiger partial charge is 0.329 e. The van der Waals surface area contributed by atoms with Gasteiger partial charge in [-0.3, -0.25) is 14.4 Å². The molecular weight excluding hydrogens is 514 g/mol. The van der Waals surface area contributed by atoms with Crippen molar-refractivity contribution in [2.75, 3.05) is 125 Å². The van der Waals surface area contributed by atoms with Gasteiger partial charge in [0.2, 0.25) is 11.8 Å². The minimum absolute atomic E-state index is 0.0681. The predicted octanol–water partition coefficient (Wildman–Crippen LogP) is -2.67. The average molecular weight is 558 g/mol. The molecule has 0 unspecified atom stereocenters. The Bertz CT molecular complexity index is 573. The van der Waals surface area contributed by atoms with Crippen molar-refractivity contribution in [1.29, 1.82) is 0 Å². The van der Waals surface area contributed by atoms with Gasteiger partial charge in [0.05, 0.1) is 92.5 Å². The number of rotatable bonds is 30. The standard InChI is InChI=1S/C22H43N3O13/c23-38-18-21(27)25-2-4-31-6-8-32-9-11-34-13-15-36-17-20(26)24-1-3-30-5-7-33-10-12-35-14-16-37-19-22(28)29/h1-19,23H2,(H,24,26)(H,25,27)(H,28,29). The lowest BCUT2D eigenvalue weighted by atomic mass is 10.6. The van der Waals surface area contributed by atoms with Crippen LogP contribution in [-0.2, 0) is 57.1 Å². The highest BCUT2D eigenvalue weighted by Gasteiger charge is 2.01. The van der Waals surface area contributed by atoms with E-state index in [1.54, 1.807) is 0 Å². The average Bonchev–Trinajstić information content (AvgIpc) is 2.89. The normalized spacial score (nSPS) is 11.0. The first-order valence-electron chi connectivity index (χ1n) is 12.2. The van der Waals surface area contributed by atoms with Gasteiger partial charge in [-0.25, -0.2) is 10.7 Å². The van der Waals surface area contributed by atoms with Crippen LogP contribution in [0.3, 0.4) is 0 Å². The molecule has 0 aromatic heterocycles. The highest BCUT2D eigenvalue weighted by atomic mass is 16.6. The number of ether oxygens (including phenoxy) is 8. The lowest BCUT2D eigenvalue weighted by Crippen LogP contribution is -2.31. The second-order valence-corrected chi connectivity index (χ2v) is 7.18. The quantitative estimate of drug-likeness (QED) is 0.0525. The number of carboxylic acids is 1. The van der Waals surface area contributed by atoms with Crippen LogP contribution in [0.1, 0.15) is 0 Å². The molecule has 0 radical (unpaired) electrons. The topological polar surface area (TPSA) is 205 Å². The molecule has 0 bridgehead atoms. The molecule has 5 N–H and O–H groups in total. The van der Waals surface area contributed by atoms with E-state index < -0.39 is 5.97 Å². The number of carbonyl (C=O) groups excluding carboxylic acids is 2. The first-order chi connectivity index (χ1) is 18.6.